The molecule has 0 radical (unpaired) electrons. The van der Waals surface area contributed by atoms with E-state index < -0.39 is 0 Å². The molecule has 0 saturated carbocycles. The summed E-state index contributed by atoms with van der Waals surface area (Å²) in [6.45, 7) is 7.38. The van der Waals surface area contributed by atoms with Crippen LogP contribution in [0.1, 0.15) is 29.7 Å². The zero-order valence-corrected chi connectivity index (χ0v) is 15.1. The number of hydrogen-bond donors (Lipinski definition) is 1. The van der Waals surface area contributed by atoms with Crippen LogP contribution in [0.3, 0.4) is 0 Å². The molecule has 3 heterocycles. The van der Waals surface area contributed by atoms with E-state index in [-0.39, 0.29) is 6.03 Å². The molecular formula is C18H28N4O2. The van der Waals surface area contributed by atoms with Crippen LogP contribution in [0, 0.1) is 19.8 Å². The standard InChI is InChI=1S/C18H28N4O2/c1-12-9-19-15(13(2)17(12)24-4)10-20-18(23)22-8-6-14-5-7-21(3)11-16(14)22/h9,14,16H,5-8,10-11H2,1-4H3,(H,20,23)/t14-,16-/m0/s1. The number of likely N-dealkylation sites (N-methyl/N-ethyl adjacent to an activating group) is 1. The molecule has 24 heavy (non-hydrogen) atoms. The van der Waals surface area contributed by atoms with Gasteiger partial charge in [0.25, 0.3) is 0 Å². The summed E-state index contributed by atoms with van der Waals surface area (Å²) < 4.78 is 5.44. The number of fused-ring (bicyclic) bond motifs is 1. The third kappa shape index (κ3) is 3.20. The Balaban J connectivity index is 1.64. The SMILES string of the molecule is COc1c(C)cnc(CNC(=O)N2CC[C@@H]3CCN(C)C[C@@H]32)c1C. The van der Waals surface area contributed by atoms with Crippen molar-refractivity contribution < 1.29 is 9.53 Å². The molecule has 6 heteroatoms. The summed E-state index contributed by atoms with van der Waals surface area (Å²) in [5.74, 6) is 1.51. The first-order valence-corrected chi connectivity index (χ1v) is 8.73. The maximum atomic E-state index is 12.7. The molecule has 1 aromatic rings. The van der Waals surface area contributed by atoms with Crippen LogP contribution >= 0.6 is 0 Å². The Kier molecular flexibility index (Phi) is 4.94. The number of urea groups is 1. The second-order valence-electron chi connectivity index (χ2n) is 7.07. The maximum absolute atomic E-state index is 12.7. The van der Waals surface area contributed by atoms with Crippen LogP contribution in [0.5, 0.6) is 5.75 Å². The maximum Gasteiger partial charge on any atom is 0.318 e. The number of hydrogen-bond acceptors (Lipinski definition) is 4. The van der Waals surface area contributed by atoms with E-state index >= 15 is 0 Å². The first-order chi connectivity index (χ1) is 11.5. The normalized spacial score (nSPS) is 23.9. The zero-order valence-electron chi connectivity index (χ0n) is 15.1. The Morgan fingerprint density at radius 2 is 2.12 bits per heavy atom. The summed E-state index contributed by atoms with van der Waals surface area (Å²) in [7, 11) is 3.80. The summed E-state index contributed by atoms with van der Waals surface area (Å²) >= 11 is 0. The number of nitrogens with one attached hydrogen (secondary N) is 1. The second kappa shape index (κ2) is 6.97. The lowest BCUT2D eigenvalue weighted by Gasteiger charge is -2.36. The zero-order chi connectivity index (χ0) is 17.3. The van der Waals surface area contributed by atoms with E-state index in [1.165, 1.54) is 6.42 Å². The summed E-state index contributed by atoms with van der Waals surface area (Å²) in [6.07, 6.45) is 4.12. The predicted molar refractivity (Wildman–Crippen MR) is 93.2 cm³/mol. The number of nitrogens with zero attached hydrogens (tertiary/aromatic N) is 3. The number of aromatic nitrogens is 1. The lowest BCUT2D eigenvalue weighted by atomic mass is 9.92. The highest BCUT2D eigenvalue weighted by Gasteiger charge is 2.39. The molecule has 132 valence electrons. The average molecular weight is 332 g/mol. The largest absolute Gasteiger partial charge is 0.496 e. The summed E-state index contributed by atoms with van der Waals surface area (Å²) in [4.78, 5) is 21.4. The number of methoxy groups -OCH3 is 1. The van der Waals surface area contributed by atoms with E-state index in [2.05, 4.69) is 22.2 Å². The van der Waals surface area contributed by atoms with Gasteiger partial charge in [-0.1, -0.05) is 0 Å². The van der Waals surface area contributed by atoms with Crippen LogP contribution in [-0.2, 0) is 6.54 Å². The Morgan fingerprint density at radius 1 is 1.38 bits per heavy atom. The third-order valence-corrected chi connectivity index (χ3v) is 5.48. The lowest BCUT2D eigenvalue weighted by molar-refractivity contribution is 0.131. The van der Waals surface area contributed by atoms with E-state index in [1.54, 1.807) is 13.3 Å². The van der Waals surface area contributed by atoms with Crippen molar-refractivity contribution in [2.75, 3.05) is 33.8 Å². The number of amides is 2. The number of rotatable bonds is 3. The minimum atomic E-state index is 0.0264. The van der Waals surface area contributed by atoms with E-state index in [4.69, 9.17) is 4.74 Å². The Bertz CT molecular complexity index is 619. The second-order valence-corrected chi connectivity index (χ2v) is 7.07. The number of piperidine rings is 1. The number of pyridine rings is 1. The number of likely N-dealkylation sites (tertiary alicyclic amines) is 2. The van der Waals surface area contributed by atoms with Crippen molar-refractivity contribution in [3.05, 3.63) is 23.0 Å². The van der Waals surface area contributed by atoms with Crippen molar-refractivity contribution in [2.45, 2.75) is 39.3 Å². The minimum Gasteiger partial charge on any atom is -0.496 e. The Labute approximate surface area is 144 Å². The van der Waals surface area contributed by atoms with Gasteiger partial charge in [-0.3, -0.25) is 4.98 Å². The molecule has 1 N–H and O–H groups in total. The van der Waals surface area contributed by atoms with Crippen LogP contribution < -0.4 is 10.1 Å². The number of aryl methyl sites for hydroxylation is 1. The molecule has 2 aliphatic rings. The minimum absolute atomic E-state index is 0.0264. The van der Waals surface area contributed by atoms with Gasteiger partial charge in [0.2, 0.25) is 0 Å². The van der Waals surface area contributed by atoms with Crippen molar-refractivity contribution in [3.8, 4) is 5.75 Å². The van der Waals surface area contributed by atoms with Gasteiger partial charge in [0.15, 0.2) is 0 Å². The molecular weight excluding hydrogens is 304 g/mol. The van der Waals surface area contributed by atoms with Gasteiger partial charge in [0, 0.05) is 36.5 Å². The molecule has 2 fully saturated rings. The van der Waals surface area contributed by atoms with Crippen LogP contribution in [-0.4, -0.2) is 60.6 Å². The molecule has 0 aromatic carbocycles. The van der Waals surface area contributed by atoms with Crippen molar-refractivity contribution in [3.63, 3.8) is 0 Å². The predicted octanol–water partition coefficient (Wildman–Crippen LogP) is 1.94. The van der Waals surface area contributed by atoms with Crippen molar-refractivity contribution in [1.82, 2.24) is 20.1 Å². The molecule has 2 saturated heterocycles. The number of ether oxygens (including phenoxy) is 1. The first kappa shape index (κ1) is 17.0. The van der Waals surface area contributed by atoms with Crippen LogP contribution in [0.25, 0.3) is 0 Å². The Hall–Kier alpha value is -1.82. The summed E-state index contributed by atoms with van der Waals surface area (Å²) in [6, 6.07) is 0.379. The van der Waals surface area contributed by atoms with E-state index in [9.17, 15) is 4.79 Å². The average Bonchev–Trinajstić information content (AvgIpc) is 2.97. The third-order valence-electron chi connectivity index (χ3n) is 5.48. The van der Waals surface area contributed by atoms with Crippen molar-refractivity contribution >= 4 is 6.03 Å². The molecule has 2 amide bonds. The molecule has 0 unspecified atom stereocenters. The summed E-state index contributed by atoms with van der Waals surface area (Å²) in [5, 5.41) is 3.05. The van der Waals surface area contributed by atoms with Gasteiger partial charge in [0.1, 0.15) is 5.75 Å². The highest BCUT2D eigenvalue weighted by molar-refractivity contribution is 5.75. The van der Waals surface area contributed by atoms with Gasteiger partial charge in [0.05, 0.1) is 19.3 Å². The van der Waals surface area contributed by atoms with Crippen LogP contribution in [0.15, 0.2) is 6.20 Å². The van der Waals surface area contributed by atoms with Gasteiger partial charge in [-0.2, -0.15) is 0 Å². The van der Waals surface area contributed by atoms with Gasteiger partial charge in [-0.15, -0.1) is 0 Å². The topological polar surface area (TPSA) is 57.7 Å². The van der Waals surface area contributed by atoms with Gasteiger partial charge in [-0.05, 0) is 46.2 Å². The van der Waals surface area contributed by atoms with Crippen LogP contribution in [0.4, 0.5) is 4.79 Å². The fourth-order valence-corrected chi connectivity index (χ4v) is 4.06. The van der Waals surface area contributed by atoms with Crippen molar-refractivity contribution in [1.29, 1.82) is 0 Å². The first-order valence-electron chi connectivity index (χ1n) is 8.73. The van der Waals surface area contributed by atoms with Gasteiger partial charge < -0.3 is 19.9 Å². The molecule has 3 rings (SSSR count). The monoisotopic (exact) mass is 332 g/mol. The molecule has 0 bridgehead atoms. The molecule has 0 aliphatic carbocycles. The smallest absolute Gasteiger partial charge is 0.318 e. The number of carbonyl (C=O) groups excluding carboxylic acids is 1. The van der Waals surface area contributed by atoms with Gasteiger partial charge >= 0.3 is 6.03 Å². The molecule has 2 aliphatic heterocycles. The van der Waals surface area contributed by atoms with Gasteiger partial charge in [-0.25, -0.2) is 4.79 Å². The van der Waals surface area contributed by atoms with Crippen molar-refractivity contribution in [2.24, 2.45) is 5.92 Å². The Morgan fingerprint density at radius 3 is 2.88 bits per heavy atom. The molecule has 0 spiro atoms. The van der Waals surface area contributed by atoms with Crippen LogP contribution in [0.2, 0.25) is 0 Å². The number of carbonyl (C=O) groups is 1. The van der Waals surface area contributed by atoms with E-state index in [0.717, 1.165) is 48.6 Å². The quantitative estimate of drug-likeness (QED) is 0.919. The summed E-state index contributed by atoms with van der Waals surface area (Å²) in [5.41, 5.74) is 2.87. The highest BCUT2D eigenvalue weighted by Crippen LogP contribution is 2.31. The van der Waals surface area contributed by atoms with E-state index in [0.29, 0.717) is 18.5 Å². The fraction of sp³-hybridized carbons (Fsp3) is 0.667. The van der Waals surface area contributed by atoms with E-state index in [1.807, 2.05) is 18.7 Å². The molecule has 1 aromatic heterocycles. The highest BCUT2D eigenvalue weighted by atomic mass is 16.5. The molecule has 2 atom stereocenters. The fourth-order valence-electron chi connectivity index (χ4n) is 4.06. The lowest BCUT2D eigenvalue weighted by Crippen LogP contribution is -2.51. The molecule has 6 nitrogen and oxygen atoms in total.